The van der Waals surface area contributed by atoms with E-state index < -0.39 is 15.5 Å². The zero-order valence-corrected chi connectivity index (χ0v) is 15.2. The summed E-state index contributed by atoms with van der Waals surface area (Å²) in [6.07, 6.45) is 1.38. The van der Waals surface area contributed by atoms with Crippen molar-refractivity contribution in [1.82, 2.24) is 9.78 Å². The van der Waals surface area contributed by atoms with Gasteiger partial charge in [0.1, 0.15) is 10.8 Å². The Labute approximate surface area is 163 Å². The summed E-state index contributed by atoms with van der Waals surface area (Å²) in [5.41, 5.74) is 3.60. The molecule has 1 aromatic heterocycles. The standard InChI is InChI=1S/C17H13ClN6O4/c1-11-14(17(18)22(21-11)12-5-3-2-4-6-12)10-19-20-15-8-7-13(23(25)26)9-16(15)24(27)28/h2-10,20H,1H3/b19-10-. The van der Waals surface area contributed by atoms with Gasteiger partial charge in [0.05, 0.1) is 39.1 Å². The van der Waals surface area contributed by atoms with Crippen LogP contribution in [0.4, 0.5) is 17.1 Å². The molecule has 0 unspecified atom stereocenters. The van der Waals surface area contributed by atoms with E-state index in [1.54, 1.807) is 11.6 Å². The molecule has 0 aliphatic heterocycles. The van der Waals surface area contributed by atoms with Crippen molar-refractivity contribution in [3.63, 3.8) is 0 Å². The number of anilines is 1. The lowest BCUT2D eigenvalue weighted by atomic mass is 10.2. The lowest BCUT2D eigenvalue weighted by molar-refractivity contribution is -0.393. The highest BCUT2D eigenvalue weighted by atomic mass is 35.5. The fourth-order valence-electron chi connectivity index (χ4n) is 2.44. The van der Waals surface area contributed by atoms with Crippen LogP contribution in [0.25, 0.3) is 5.69 Å². The summed E-state index contributed by atoms with van der Waals surface area (Å²) in [7, 11) is 0. The fourth-order valence-corrected chi connectivity index (χ4v) is 2.76. The second-order valence-corrected chi connectivity index (χ2v) is 5.98. The molecule has 0 saturated carbocycles. The first-order chi connectivity index (χ1) is 13.4. The molecule has 0 amide bonds. The molecular formula is C17H13ClN6O4. The molecule has 0 fully saturated rings. The average Bonchev–Trinajstić information content (AvgIpc) is 2.96. The number of hydrogen-bond acceptors (Lipinski definition) is 7. The van der Waals surface area contributed by atoms with Gasteiger partial charge in [0.15, 0.2) is 0 Å². The van der Waals surface area contributed by atoms with Gasteiger partial charge in [-0.3, -0.25) is 25.7 Å². The molecule has 0 saturated heterocycles. The van der Waals surface area contributed by atoms with E-state index in [0.717, 1.165) is 17.8 Å². The fraction of sp³-hybridized carbons (Fsp3) is 0.0588. The van der Waals surface area contributed by atoms with E-state index in [4.69, 9.17) is 11.6 Å². The van der Waals surface area contributed by atoms with Crippen molar-refractivity contribution in [2.45, 2.75) is 6.92 Å². The minimum absolute atomic E-state index is 0.0103. The molecule has 0 aliphatic rings. The number of benzene rings is 2. The maximum Gasteiger partial charge on any atom is 0.301 e. The molecule has 2 aromatic carbocycles. The summed E-state index contributed by atoms with van der Waals surface area (Å²) >= 11 is 6.38. The largest absolute Gasteiger partial charge is 0.301 e. The van der Waals surface area contributed by atoms with Crippen molar-refractivity contribution in [1.29, 1.82) is 0 Å². The quantitative estimate of drug-likeness (QED) is 0.377. The molecule has 0 bridgehead atoms. The van der Waals surface area contributed by atoms with Crippen molar-refractivity contribution in [3.8, 4) is 5.69 Å². The predicted octanol–water partition coefficient (Wildman–Crippen LogP) is 4.10. The van der Waals surface area contributed by atoms with Gasteiger partial charge in [0.2, 0.25) is 0 Å². The zero-order valence-electron chi connectivity index (χ0n) is 14.4. The van der Waals surface area contributed by atoms with Crippen LogP contribution in [0, 0.1) is 27.2 Å². The number of nitro groups is 2. The highest BCUT2D eigenvalue weighted by Gasteiger charge is 2.19. The lowest BCUT2D eigenvalue weighted by Crippen LogP contribution is -1.99. The van der Waals surface area contributed by atoms with Crippen molar-refractivity contribution in [3.05, 3.63) is 85.2 Å². The number of halogens is 1. The molecule has 3 rings (SSSR count). The number of aromatic nitrogens is 2. The molecule has 1 N–H and O–H groups in total. The van der Waals surface area contributed by atoms with E-state index in [-0.39, 0.29) is 11.4 Å². The summed E-state index contributed by atoms with van der Waals surface area (Å²) in [5, 5.41) is 30.6. The van der Waals surface area contributed by atoms with Gasteiger partial charge in [-0.25, -0.2) is 4.68 Å². The molecular weight excluding hydrogens is 388 g/mol. The summed E-state index contributed by atoms with van der Waals surface area (Å²) in [6, 6.07) is 12.5. The van der Waals surface area contributed by atoms with Gasteiger partial charge >= 0.3 is 5.69 Å². The third kappa shape index (κ3) is 3.81. The smallest absolute Gasteiger partial charge is 0.272 e. The maximum atomic E-state index is 11.2. The van der Waals surface area contributed by atoms with Crippen LogP contribution in [0.2, 0.25) is 5.15 Å². The Kier molecular flexibility index (Phi) is 5.32. The van der Waals surface area contributed by atoms with Gasteiger partial charge in [0, 0.05) is 6.07 Å². The number of hydrazone groups is 1. The summed E-state index contributed by atoms with van der Waals surface area (Å²) in [6.45, 7) is 1.75. The highest BCUT2D eigenvalue weighted by Crippen LogP contribution is 2.29. The van der Waals surface area contributed by atoms with Crippen LogP contribution < -0.4 is 5.43 Å². The number of nitro benzene ring substituents is 2. The van der Waals surface area contributed by atoms with Gasteiger partial charge in [-0.05, 0) is 25.1 Å². The summed E-state index contributed by atoms with van der Waals surface area (Å²) in [4.78, 5) is 20.5. The van der Waals surface area contributed by atoms with Crippen molar-refractivity contribution < 1.29 is 9.85 Å². The van der Waals surface area contributed by atoms with Crippen molar-refractivity contribution in [2.75, 3.05) is 5.43 Å². The number of nitrogens with zero attached hydrogens (tertiary/aromatic N) is 5. The lowest BCUT2D eigenvalue weighted by Gasteiger charge is -2.02. The molecule has 142 valence electrons. The third-order valence-corrected chi connectivity index (χ3v) is 4.18. The monoisotopic (exact) mass is 400 g/mol. The Morgan fingerprint density at radius 2 is 1.86 bits per heavy atom. The molecule has 28 heavy (non-hydrogen) atoms. The zero-order chi connectivity index (χ0) is 20.3. The normalized spacial score (nSPS) is 10.9. The van der Waals surface area contributed by atoms with Crippen LogP contribution in [0.3, 0.4) is 0 Å². The first-order valence-electron chi connectivity index (χ1n) is 7.91. The molecule has 0 atom stereocenters. The number of hydrogen-bond donors (Lipinski definition) is 1. The second-order valence-electron chi connectivity index (χ2n) is 5.62. The Balaban J connectivity index is 1.87. The Hall–Kier alpha value is -3.79. The SMILES string of the molecule is Cc1nn(-c2ccccc2)c(Cl)c1/C=N\Nc1ccc([N+](=O)[O-])cc1[N+](=O)[O-]. The predicted molar refractivity (Wildman–Crippen MR) is 104 cm³/mol. The van der Waals surface area contributed by atoms with E-state index in [0.29, 0.717) is 16.4 Å². The number of rotatable bonds is 6. The van der Waals surface area contributed by atoms with Gasteiger partial charge in [-0.15, -0.1) is 0 Å². The Morgan fingerprint density at radius 1 is 1.14 bits per heavy atom. The second kappa shape index (κ2) is 7.84. The van der Waals surface area contributed by atoms with Crippen LogP contribution in [0.15, 0.2) is 53.6 Å². The first-order valence-corrected chi connectivity index (χ1v) is 8.28. The Bertz CT molecular complexity index is 1080. The molecule has 0 aliphatic carbocycles. The van der Waals surface area contributed by atoms with Crippen LogP contribution >= 0.6 is 11.6 Å². The van der Waals surface area contributed by atoms with E-state index in [9.17, 15) is 20.2 Å². The van der Waals surface area contributed by atoms with E-state index in [1.807, 2.05) is 30.3 Å². The number of aryl methyl sites for hydroxylation is 1. The van der Waals surface area contributed by atoms with Crippen LogP contribution in [-0.2, 0) is 0 Å². The molecule has 10 nitrogen and oxygen atoms in total. The van der Waals surface area contributed by atoms with Crippen LogP contribution in [0.1, 0.15) is 11.3 Å². The number of non-ortho nitro benzene ring substituents is 1. The molecule has 0 radical (unpaired) electrons. The van der Waals surface area contributed by atoms with E-state index in [2.05, 4.69) is 15.6 Å². The van der Waals surface area contributed by atoms with Crippen LogP contribution in [0.5, 0.6) is 0 Å². The molecule has 11 heteroatoms. The van der Waals surface area contributed by atoms with Crippen LogP contribution in [-0.4, -0.2) is 25.8 Å². The minimum Gasteiger partial charge on any atom is -0.272 e. The van der Waals surface area contributed by atoms with Gasteiger partial charge in [-0.2, -0.15) is 10.2 Å². The third-order valence-electron chi connectivity index (χ3n) is 3.82. The van der Waals surface area contributed by atoms with E-state index in [1.165, 1.54) is 12.3 Å². The van der Waals surface area contributed by atoms with Crippen molar-refractivity contribution in [2.24, 2.45) is 5.10 Å². The van der Waals surface area contributed by atoms with Gasteiger partial charge < -0.3 is 0 Å². The first kappa shape index (κ1) is 19.0. The summed E-state index contributed by atoms with van der Waals surface area (Å²) < 4.78 is 1.55. The summed E-state index contributed by atoms with van der Waals surface area (Å²) in [5.74, 6) is 0. The number of para-hydroxylation sites is 1. The highest BCUT2D eigenvalue weighted by molar-refractivity contribution is 6.32. The Morgan fingerprint density at radius 3 is 2.50 bits per heavy atom. The molecule has 1 heterocycles. The van der Waals surface area contributed by atoms with Gasteiger partial charge in [-0.1, -0.05) is 29.8 Å². The number of nitrogens with one attached hydrogen (secondary N) is 1. The average molecular weight is 401 g/mol. The molecule has 3 aromatic rings. The topological polar surface area (TPSA) is 128 Å². The minimum atomic E-state index is -0.726. The molecule has 0 spiro atoms. The van der Waals surface area contributed by atoms with Gasteiger partial charge in [0.25, 0.3) is 5.69 Å². The van der Waals surface area contributed by atoms with Crippen molar-refractivity contribution >= 4 is 34.9 Å². The maximum absolute atomic E-state index is 11.2. The van der Waals surface area contributed by atoms with E-state index >= 15 is 0 Å².